The monoisotopic (exact) mass is 612 g/mol. The van der Waals surface area contributed by atoms with Crippen LogP contribution in [-0.2, 0) is 10.1 Å². The fourth-order valence-electron chi connectivity index (χ4n) is 3.37. The molecule has 5 nitrogen and oxygen atoms in total. The molecule has 1 aliphatic rings. The Morgan fingerprint density at radius 3 is 2.41 bits per heavy atom. The van der Waals surface area contributed by atoms with Crippen molar-refractivity contribution in [3.05, 3.63) is 54.7 Å². The van der Waals surface area contributed by atoms with Gasteiger partial charge in [0.25, 0.3) is 10.1 Å². The summed E-state index contributed by atoms with van der Waals surface area (Å²) in [4.78, 5) is 12.5. The maximum atomic E-state index is 12.6. The lowest BCUT2D eigenvalue weighted by atomic mass is 9.84. The Morgan fingerprint density at radius 2 is 1.74 bits per heavy atom. The van der Waals surface area contributed by atoms with Crippen molar-refractivity contribution in [3.63, 3.8) is 0 Å². The van der Waals surface area contributed by atoms with Gasteiger partial charge in [-0.25, -0.2) is 4.79 Å². The number of benzene rings is 2. The van der Waals surface area contributed by atoms with Crippen LogP contribution in [0.1, 0.15) is 53.9 Å². The van der Waals surface area contributed by atoms with Crippen molar-refractivity contribution in [2.24, 2.45) is 0 Å². The predicted molar refractivity (Wildman–Crippen MR) is 119 cm³/mol. The van der Waals surface area contributed by atoms with Gasteiger partial charge in [0.15, 0.2) is 0 Å². The average Bonchev–Trinajstić information content (AvgIpc) is 2.63. The Hall–Kier alpha value is -0.720. The Balaban J connectivity index is 1.94. The number of halogens is 2. The van der Waals surface area contributed by atoms with Crippen molar-refractivity contribution in [2.75, 3.05) is 0 Å². The summed E-state index contributed by atoms with van der Waals surface area (Å²) in [6.07, 6.45) is 4.86. The van der Waals surface area contributed by atoms with Crippen molar-refractivity contribution in [1.82, 2.24) is 0 Å². The van der Waals surface area contributed by atoms with Crippen LogP contribution >= 0.6 is 45.2 Å². The van der Waals surface area contributed by atoms with E-state index in [9.17, 15) is 17.8 Å². The number of hydrogen-bond donors (Lipinski definition) is 1. The van der Waals surface area contributed by atoms with E-state index in [2.05, 4.69) is 45.2 Å². The second kappa shape index (κ2) is 8.75. The highest BCUT2D eigenvalue weighted by Gasteiger charge is 2.25. The Morgan fingerprint density at radius 1 is 1.04 bits per heavy atom. The van der Waals surface area contributed by atoms with Crippen LogP contribution in [-0.4, -0.2) is 18.9 Å². The molecule has 3 rings (SSSR count). The highest BCUT2D eigenvalue weighted by molar-refractivity contribution is 14.1. The minimum absolute atomic E-state index is 0.0344. The van der Waals surface area contributed by atoms with Gasteiger partial charge < -0.3 is 4.74 Å². The molecule has 2 aromatic carbocycles. The number of ether oxygens (including phenoxy) is 1. The molecule has 0 bridgehead atoms. The van der Waals surface area contributed by atoms with E-state index in [1.165, 1.54) is 12.1 Å². The van der Waals surface area contributed by atoms with Crippen molar-refractivity contribution in [1.29, 1.82) is 0 Å². The summed E-state index contributed by atoms with van der Waals surface area (Å²) in [6.45, 7) is 0. The molecule has 0 radical (unpaired) electrons. The third kappa shape index (κ3) is 5.21. The van der Waals surface area contributed by atoms with Crippen LogP contribution in [0.3, 0.4) is 0 Å². The molecular weight excluding hydrogens is 594 g/mol. The van der Waals surface area contributed by atoms with Gasteiger partial charge in [0.2, 0.25) is 0 Å². The molecule has 0 saturated heterocycles. The first-order valence-corrected chi connectivity index (χ1v) is 12.1. The number of rotatable bonds is 4. The standard InChI is InChI=1S/C19H18I2O5S/c20-13-6-8-17(21)16(10-13)19(22)26-14-7-9-18(27(23,24)25)15(11-14)12-4-2-1-3-5-12/h6-12H,1-5H2,(H,23,24,25). The van der Waals surface area contributed by atoms with E-state index in [0.717, 1.165) is 39.2 Å². The zero-order valence-corrected chi connectivity index (χ0v) is 19.5. The fourth-order valence-corrected chi connectivity index (χ4v) is 5.18. The number of hydrogen-bond acceptors (Lipinski definition) is 4. The van der Waals surface area contributed by atoms with Crippen LogP contribution < -0.4 is 4.74 Å². The lowest BCUT2D eigenvalue weighted by Gasteiger charge is -2.24. The maximum Gasteiger partial charge on any atom is 0.344 e. The van der Waals surface area contributed by atoms with Crippen LogP contribution in [0.2, 0.25) is 0 Å². The van der Waals surface area contributed by atoms with E-state index in [1.807, 2.05) is 12.1 Å². The molecule has 1 aliphatic carbocycles. The van der Waals surface area contributed by atoms with Gasteiger partial charge in [-0.15, -0.1) is 0 Å². The van der Waals surface area contributed by atoms with Gasteiger partial charge in [0, 0.05) is 7.14 Å². The first-order valence-electron chi connectivity index (χ1n) is 8.54. The van der Waals surface area contributed by atoms with Crippen LogP contribution in [0.4, 0.5) is 0 Å². The quantitative estimate of drug-likeness (QED) is 0.216. The molecule has 0 atom stereocenters. The van der Waals surface area contributed by atoms with Gasteiger partial charge in [-0.1, -0.05) is 19.3 Å². The largest absolute Gasteiger partial charge is 0.423 e. The summed E-state index contributed by atoms with van der Waals surface area (Å²) in [5.74, 6) is -0.179. The van der Waals surface area contributed by atoms with E-state index in [4.69, 9.17) is 4.74 Å². The summed E-state index contributed by atoms with van der Waals surface area (Å²) in [7, 11) is -4.34. The second-order valence-corrected chi connectivity index (χ2v) is 10.3. The summed E-state index contributed by atoms with van der Waals surface area (Å²) >= 11 is 4.20. The molecule has 144 valence electrons. The molecule has 8 heteroatoms. The molecule has 27 heavy (non-hydrogen) atoms. The molecule has 1 fully saturated rings. The first-order chi connectivity index (χ1) is 12.8. The lowest BCUT2D eigenvalue weighted by molar-refractivity contribution is 0.0733. The summed E-state index contributed by atoms with van der Waals surface area (Å²) in [6, 6.07) is 9.81. The fraction of sp³-hybridized carbons (Fsp3) is 0.316. The highest BCUT2D eigenvalue weighted by atomic mass is 127. The zero-order valence-electron chi connectivity index (χ0n) is 14.3. The van der Waals surface area contributed by atoms with E-state index in [1.54, 1.807) is 12.1 Å². The maximum absolute atomic E-state index is 12.6. The highest BCUT2D eigenvalue weighted by Crippen LogP contribution is 2.37. The summed E-state index contributed by atoms with van der Waals surface area (Å²) in [5.41, 5.74) is 0.986. The first kappa shape index (κ1) is 21.0. The van der Waals surface area contributed by atoms with E-state index < -0.39 is 16.1 Å². The van der Waals surface area contributed by atoms with Crippen LogP contribution in [0, 0.1) is 7.14 Å². The summed E-state index contributed by atoms with van der Waals surface area (Å²) in [5, 5.41) is 0. The van der Waals surface area contributed by atoms with Gasteiger partial charge in [-0.05, 0) is 106 Å². The topological polar surface area (TPSA) is 80.7 Å². The molecule has 0 heterocycles. The van der Waals surface area contributed by atoms with Gasteiger partial charge in [0.05, 0.1) is 10.5 Å². The molecule has 0 unspecified atom stereocenters. The minimum Gasteiger partial charge on any atom is -0.423 e. The van der Waals surface area contributed by atoms with Gasteiger partial charge in [-0.2, -0.15) is 8.42 Å². The van der Waals surface area contributed by atoms with E-state index in [0.29, 0.717) is 11.1 Å². The third-order valence-electron chi connectivity index (χ3n) is 4.66. The van der Waals surface area contributed by atoms with Crippen LogP contribution in [0.5, 0.6) is 5.75 Å². The molecule has 1 N–H and O–H groups in total. The smallest absolute Gasteiger partial charge is 0.344 e. The normalized spacial score (nSPS) is 15.5. The molecule has 2 aromatic rings. The van der Waals surface area contributed by atoms with Crippen molar-refractivity contribution in [3.8, 4) is 5.75 Å². The minimum atomic E-state index is -4.34. The number of carbonyl (C=O) groups excluding carboxylic acids is 1. The second-order valence-electron chi connectivity index (χ2n) is 6.52. The van der Waals surface area contributed by atoms with Crippen LogP contribution in [0.15, 0.2) is 41.3 Å². The predicted octanol–water partition coefficient (Wildman–Crippen LogP) is 5.41. The Kier molecular flexibility index (Phi) is 6.80. The lowest BCUT2D eigenvalue weighted by Crippen LogP contribution is -2.13. The van der Waals surface area contributed by atoms with E-state index >= 15 is 0 Å². The molecule has 0 aromatic heterocycles. The van der Waals surface area contributed by atoms with Gasteiger partial charge in [0.1, 0.15) is 5.75 Å². The molecule has 0 spiro atoms. The third-order valence-corrected chi connectivity index (χ3v) is 7.20. The van der Waals surface area contributed by atoms with Crippen LogP contribution in [0.25, 0.3) is 0 Å². The van der Waals surface area contributed by atoms with Gasteiger partial charge >= 0.3 is 5.97 Å². The number of carbonyl (C=O) groups is 1. The zero-order chi connectivity index (χ0) is 19.6. The SMILES string of the molecule is O=C(Oc1ccc(S(=O)(=O)O)c(C2CCCCC2)c1)c1cc(I)ccc1I. The molecule has 0 amide bonds. The number of esters is 1. The summed E-state index contributed by atoms with van der Waals surface area (Å²) < 4.78 is 40.4. The molecule has 1 saturated carbocycles. The molecular formula is C19H18I2O5S. The Labute approximate surface area is 185 Å². The van der Waals surface area contributed by atoms with Crippen molar-refractivity contribution in [2.45, 2.75) is 42.9 Å². The van der Waals surface area contributed by atoms with Crippen molar-refractivity contribution < 1.29 is 22.5 Å². The van der Waals surface area contributed by atoms with Gasteiger partial charge in [-0.3, -0.25) is 4.55 Å². The Bertz CT molecular complexity index is 966. The molecule has 0 aliphatic heterocycles. The van der Waals surface area contributed by atoms with E-state index in [-0.39, 0.29) is 16.6 Å². The van der Waals surface area contributed by atoms with Crippen molar-refractivity contribution >= 4 is 61.3 Å². The average molecular weight is 612 g/mol.